The van der Waals surface area contributed by atoms with Gasteiger partial charge in [-0.2, -0.15) is 0 Å². The number of halogens is 3. The fourth-order valence-corrected chi connectivity index (χ4v) is 3.25. The van der Waals surface area contributed by atoms with E-state index in [0.717, 1.165) is 31.2 Å². The summed E-state index contributed by atoms with van der Waals surface area (Å²) in [6, 6.07) is 5.96. The molecule has 0 saturated heterocycles. The van der Waals surface area contributed by atoms with Gasteiger partial charge in [0.15, 0.2) is 0 Å². The summed E-state index contributed by atoms with van der Waals surface area (Å²) in [5.41, 5.74) is 1.05. The van der Waals surface area contributed by atoms with E-state index < -0.39 is 12.3 Å². The highest BCUT2D eigenvalue weighted by Crippen LogP contribution is 2.35. The number of ether oxygens (including phenoxy) is 3. The smallest absolute Gasteiger partial charge is 0.472 e. The predicted molar refractivity (Wildman–Crippen MR) is 91.1 cm³/mol. The molecule has 1 aromatic carbocycles. The Morgan fingerprint density at radius 1 is 1.18 bits per heavy atom. The van der Waals surface area contributed by atoms with E-state index in [1.165, 1.54) is 12.1 Å². The zero-order valence-corrected chi connectivity index (χ0v) is 15.2. The molecule has 0 unspecified atom stereocenters. The molecule has 1 aromatic heterocycles. The number of aromatic nitrogens is 3. The molecule has 3 rings (SSSR count). The molecule has 1 heterocycles. The monoisotopic (exact) mass is 399 g/mol. The van der Waals surface area contributed by atoms with E-state index in [1.807, 2.05) is 0 Å². The second-order valence-electron chi connectivity index (χ2n) is 6.42. The Labute approximate surface area is 159 Å². The van der Waals surface area contributed by atoms with Crippen LogP contribution < -0.4 is 9.47 Å². The van der Waals surface area contributed by atoms with E-state index in [0.29, 0.717) is 0 Å². The van der Waals surface area contributed by atoms with Gasteiger partial charge in [-0.25, -0.2) is 9.89 Å². The van der Waals surface area contributed by atoms with Crippen LogP contribution in [0.5, 0.6) is 11.6 Å². The summed E-state index contributed by atoms with van der Waals surface area (Å²) in [5.74, 6) is -0.458. The summed E-state index contributed by atoms with van der Waals surface area (Å²) in [5, 5.41) is 9.87. The molecular weight excluding hydrogens is 379 g/mol. The SMILES string of the molecule is CCOC(=O)c1[nH]nnc1O[C@H]1CC[C@@H](c2ccc(OC(F)(F)F)cc2)CC1. The van der Waals surface area contributed by atoms with Crippen molar-refractivity contribution < 1.29 is 32.2 Å². The number of alkyl halides is 3. The van der Waals surface area contributed by atoms with Crippen LogP contribution in [-0.4, -0.2) is 40.5 Å². The molecule has 0 atom stereocenters. The first-order valence-electron chi connectivity index (χ1n) is 8.96. The van der Waals surface area contributed by atoms with Gasteiger partial charge in [-0.15, -0.1) is 13.2 Å². The number of aromatic amines is 1. The zero-order chi connectivity index (χ0) is 20.1. The van der Waals surface area contributed by atoms with Crippen molar-refractivity contribution in [3.63, 3.8) is 0 Å². The number of nitrogens with one attached hydrogen (secondary N) is 1. The number of carbonyl (C=O) groups excluding carboxylic acids is 1. The Kier molecular flexibility index (Phi) is 6.05. The third-order valence-electron chi connectivity index (χ3n) is 4.53. The minimum Gasteiger partial charge on any atom is -0.472 e. The number of hydrogen-bond acceptors (Lipinski definition) is 6. The zero-order valence-electron chi connectivity index (χ0n) is 15.2. The molecule has 0 spiro atoms. The molecular formula is C18H20F3N3O4. The van der Waals surface area contributed by atoms with E-state index in [1.54, 1.807) is 19.1 Å². The van der Waals surface area contributed by atoms with Gasteiger partial charge < -0.3 is 14.2 Å². The van der Waals surface area contributed by atoms with Gasteiger partial charge >= 0.3 is 12.3 Å². The van der Waals surface area contributed by atoms with Crippen molar-refractivity contribution in [3.05, 3.63) is 35.5 Å². The molecule has 1 saturated carbocycles. The van der Waals surface area contributed by atoms with Crippen molar-refractivity contribution in [2.45, 2.75) is 51.0 Å². The van der Waals surface area contributed by atoms with Crippen LogP contribution in [0, 0.1) is 0 Å². The first kappa shape index (κ1) is 20.0. The Hall–Kier alpha value is -2.78. The number of carbonyl (C=O) groups is 1. The van der Waals surface area contributed by atoms with Gasteiger partial charge in [0, 0.05) is 0 Å². The van der Waals surface area contributed by atoms with Gasteiger partial charge in [0.1, 0.15) is 11.9 Å². The molecule has 0 bridgehead atoms. The van der Waals surface area contributed by atoms with Crippen LogP contribution in [0.15, 0.2) is 24.3 Å². The number of rotatable bonds is 6. The van der Waals surface area contributed by atoms with Gasteiger partial charge in [0.05, 0.1) is 6.61 Å². The maximum Gasteiger partial charge on any atom is 0.573 e. The fourth-order valence-electron chi connectivity index (χ4n) is 3.25. The molecule has 1 aliphatic carbocycles. The molecule has 28 heavy (non-hydrogen) atoms. The largest absolute Gasteiger partial charge is 0.573 e. The van der Waals surface area contributed by atoms with E-state index >= 15 is 0 Å². The summed E-state index contributed by atoms with van der Waals surface area (Å²) >= 11 is 0. The normalized spacial score (nSPS) is 19.9. The van der Waals surface area contributed by atoms with Crippen molar-refractivity contribution in [3.8, 4) is 11.6 Å². The average Bonchev–Trinajstić information content (AvgIpc) is 3.10. The topological polar surface area (TPSA) is 86.3 Å². The Morgan fingerprint density at radius 2 is 1.86 bits per heavy atom. The van der Waals surface area contributed by atoms with Gasteiger partial charge in [0.2, 0.25) is 5.69 Å². The van der Waals surface area contributed by atoms with Gasteiger partial charge in [-0.3, -0.25) is 0 Å². The molecule has 1 fully saturated rings. The quantitative estimate of drug-likeness (QED) is 0.740. The summed E-state index contributed by atoms with van der Waals surface area (Å²) in [7, 11) is 0. The van der Waals surface area contributed by atoms with Crippen molar-refractivity contribution in [1.29, 1.82) is 0 Å². The van der Waals surface area contributed by atoms with Crippen LogP contribution in [0.2, 0.25) is 0 Å². The second kappa shape index (κ2) is 8.49. The highest BCUT2D eigenvalue weighted by molar-refractivity contribution is 5.89. The van der Waals surface area contributed by atoms with E-state index in [4.69, 9.17) is 9.47 Å². The molecule has 152 valence electrons. The number of benzene rings is 1. The lowest BCUT2D eigenvalue weighted by molar-refractivity contribution is -0.274. The van der Waals surface area contributed by atoms with Crippen molar-refractivity contribution in [1.82, 2.24) is 15.4 Å². The number of H-pyrrole nitrogens is 1. The third kappa shape index (κ3) is 5.14. The third-order valence-corrected chi connectivity index (χ3v) is 4.53. The first-order chi connectivity index (χ1) is 13.4. The maximum absolute atomic E-state index is 12.2. The molecule has 7 nitrogen and oxygen atoms in total. The number of nitrogens with zero attached hydrogens (tertiary/aromatic N) is 2. The molecule has 1 N–H and O–H groups in total. The molecule has 10 heteroatoms. The van der Waals surface area contributed by atoms with Gasteiger partial charge in [0.25, 0.3) is 5.88 Å². The highest BCUT2D eigenvalue weighted by Gasteiger charge is 2.31. The summed E-state index contributed by atoms with van der Waals surface area (Å²) in [6.45, 7) is 1.93. The van der Waals surface area contributed by atoms with Crippen LogP contribution in [-0.2, 0) is 4.74 Å². The molecule has 1 aliphatic rings. The molecule has 0 amide bonds. The summed E-state index contributed by atoms with van der Waals surface area (Å²) < 4.78 is 51.3. The van der Waals surface area contributed by atoms with E-state index in [2.05, 4.69) is 20.1 Å². The minimum atomic E-state index is -4.69. The van der Waals surface area contributed by atoms with E-state index in [-0.39, 0.29) is 36.0 Å². The van der Waals surface area contributed by atoms with Gasteiger partial charge in [-0.1, -0.05) is 22.4 Å². The Balaban J connectivity index is 1.54. The van der Waals surface area contributed by atoms with Crippen LogP contribution >= 0.6 is 0 Å². The van der Waals surface area contributed by atoms with Crippen molar-refractivity contribution in [2.75, 3.05) is 6.61 Å². The van der Waals surface area contributed by atoms with E-state index in [9.17, 15) is 18.0 Å². The molecule has 0 radical (unpaired) electrons. The maximum atomic E-state index is 12.2. The Morgan fingerprint density at radius 3 is 2.46 bits per heavy atom. The second-order valence-corrected chi connectivity index (χ2v) is 6.42. The molecule has 2 aromatic rings. The molecule has 0 aliphatic heterocycles. The predicted octanol–water partition coefficient (Wildman–Crippen LogP) is 3.99. The highest BCUT2D eigenvalue weighted by atomic mass is 19.4. The van der Waals surface area contributed by atoms with Crippen molar-refractivity contribution >= 4 is 5.97 Å². The number of esters is 1. The van der Waals surface area contributed by atoms with Gasteiger partial charge in [-0.05, 0) is 56.2 Å². The summed E-state index contributed by atoms with van der Waals surface area (Å²) in [4.78, 5) is 11.8. The lowest BCUT2D eigenvalue weighted by Gasteiger charge is -2.28. The fraction of sp³-hybridized carbons (Fsp3) is 0.500. The van der Waals surface area contributed by atoms with Crippen LogP contribution in [0.4, 0.5) is 13.2 Å². The van der Waals surface area contributed by atoms with Crippen LogP contribution in [0.25, 0.3) is 0 Å². The standard InChI is InChI=1S/C18H20F3N3O4/c1-2-26-17(25)15-16(23-24-22-15)27-13-7-3-11(4-8-13)12-5-9-14(10-6-12)28-18(19,20)21/h5-6,9-11,13H,2-4,7-8H2,1H3,(H,22,23,24)/t11-,13+. The first-order valence-corrected chi connectivity index (χ1v) is 8.96. The van der Waals surface area contributed by atoms with Crippen LogP contribution in [0.3, 0.4) is 0 Å². The van der Waals surface area contributed by atoms with Crippen molar-refractivity contribution in [2.24, 2.45) is 0 Å². The minimum absolute atomic E-state index is 0.0872. The average molecular weight is 399 g/mol. The Bertz CT molecular complexity index is 784. The lowest BCUT2D eigenvalue weighted by atomic mass is 9.83. The number of hydrogen-bond donors (Lipinski definition) is 1. The lowest BCUT2D eigenvalue weighted by Crippen LogP contribution is -2.24. The van der Waals surface area contributed by atoms with Crippen LogP contribution in [0.1, 0.15) is 54.6 Å². The summed E-state index contributed by atoms with van der Waals surface area (Å²) in [6.07, 6.45) is -1.77.